The monoisotopic (exact) mass is 440 g/mol. The number of amides is 3. The summed E-state index contributed by atoms with van der Waals surface area (Å²) in [7, 11) is 0. The fourth-order valence-corrected chi connectivity index (χ4v) is 3.20. The highest BCUT2D eigenvalue weighted by molar-refractivity contribution is 5.99. The molecule has 0 saturated carbocycles. The number of para-hydroxylation sites is 2. The molecule has 0 fully saturated rings. The van der Waals surface area contributed by atoms with E-state index in [1.165, 1.54) is 0 Å². The van der Waals surface area contributed by atoms with Gasteiger partial charge in [0.25, 0.3) is 17.7 Å². The average Bonchev–Trinajstić information content (AvgIpc) is 2.85. The van der Waals surface area contributed by atoms with Crippen LogP contribution in [0.15, 0.2) is 84.9 Å². The molecule has 4 N–H and O–H groups in total. The average molecular weight is 440 g/mol. The van der Waals surface area contributed by atoms with Crippen molar-refractivity contribution in [2.45, 2.75) is 6.61 Å². The molecule has 8 heteroatoms. The van der Waals surface area contributed by atoms with E-state index in [1.807, 2.05) is 18.2 Å². The summed E-state index contributed by atoms with van der Waals surface area (Å²) < 4.78 is 5.70. The van der Waals surface area contributed by atoms with E-state index in [-0.39, 0.29) is 17.9 Å². The highest BCUT2D eigenvalue weighted by Gasteiger charge is 2.12. The van der Waals surface area contributed by atoms with Gasteiger partial charge >= 0.3 is 0 Å². The standard InChI is InChI=1S/C25H20N4O4/c26-23(30)19-9-2-4-11-22(19)33-15-16-6-5-8-18(14-16)24(31)28-29-25(32)21-13-12-17-7-1-3-10-20(17)27-21/h1-14H,15H2,(H2,26,30)(H,28,31)(H,29,32). The van der Waals surface area contributed by atoms with Crippen molar-refractivity contribution in [2.75, 3.05) is 0 Å². The van der Waals surface area contributed by atoms with Gasteiger partial charge in [0.05, 0.1) is 11.1 Å². The molecule has 8 nitrogen and oxygen atoms in total. The van der Waals surface area contributed by atoms with Crippen LogP contribution in [0.5, 0.6) is 5.75 Å². The number of benzene rings is 3. The van der Waals surface area contributed by atoms with Gasteiger partial charge in [-0.25, -0.2) is 4.98 Å². The number of hydrogen-bond donors (Lipinski definition) is 3. The van der Waals surface area contributed by atoms with Crippen molar-refractivity contribution < 1.29 is 19.1 Å². The molecule has 33 heavy (non-hydrogen) atoms. The largest absolute Gasteiger partial charge is 0.488 e. The van der Waals surface area contributed by atoms with Crippen molar-refractivity contribution in [2.24, 2.45) is 5.73 Å². The number of hydrogen-bond acceptors (Lipinski definition) is 5. The van der Waals surface area contributed by atoms with Gasteiger partial charge in [0, 0.05) is 10.9 Å². The van der Waals surface area contributed by atoms with Gasteiger partial charge in [-0.1, -0.05) is 48.5 Å². The molecule has 3 aromatic carbocycles. The van der Waals surface area contributed by atoms with Gasteiger partial charge in [-0.05, 0) is 42.0 Å². The Kier molecular flexibility index (Phi) is 6.26. The molecular formula is C25H20N4O4. The molecule has 0 unspecified atom stereocenters. The first-order valence-corrected chi connectivity index (χ1v) is 10.1. The first kappa shape index (κ1) is 21.5. The number of rotatable bonds is 6. The maximum absolute atomic E-state index is 12.5. The molecule has 0 aliphatic heterocycles. The van der Waals surface area contributed by atoms with Gasteiger partial charge in [-0.2, -0.15) is 0 Å². The van der Waals surface area contributed by atoms with Gasteiger partial charge < -0.3 is 10.5 Å². The van der Waals surface area contributed by atoms with Crippen molar-refractivity contribution in [3.63, 3.8) is 0 Å². The summed E-state index contributed by atoms with van der Waals surface area (Å²) in [5.74, 6) is -1.26. The van der Waals surface area contributed by atoms with E-state index < -0.39 is 17.7 Å². The van der Waals surface area contributed by atoms with Crippen molar-refractivity contribution in [3.8, 4) is 5.75 Å². The van der Waals surface area contributed by atoms with E-state index in [0.29, 0.717) is 22.4 Å². The fourth-order valence-electron chi connectivity index (χ4n) is 3.20. The van der Waals surface area contributed by atoms with Gasteiger partial charge in [0.15, 0.2) is 0 Å². The molecule has 164 valence electrons. The molecule has 0 atom stereocenters. The normalized spacial score (nSPS) is 10.4. The van der Waals surface area contributed by atoms with Crippen LogP contribution in [0.1, 0.15) is 36.8 Å². The number of carbonyl (C=O) groups is 3. The van der Waals surface area contributed by atoms with Crippen LogP contribution in [0, 0.1) is 0 Å². The number of ether oxygens (including phenoxy) is 1. The SMILES string of the molecule is NC(=O)c1ccccc1OCc1cccc(C(=O)NNC(=O)c2ccc3ccccc3n2)c1. The maximum atomic E-state index is 12.5. The van der Waals surface area contributed by atoms with Crippen LogP contribution in [0.25, 0.3) is 10.9 Å². The molecular weight excluding hydrogens is 420 g/mol. The van der Waals surface area contributed by atoms with Gasteiger partial charge in [-0.15, -0.1) is 0 Å². The topological polar surface area (TPSA) is 123 Å². The number of pyridine rings is 1. The van der Waals surface area contributed by atoms with Crippen LogP contribution in [0.2, 0.25) is 0 Å². The molecule has 1 heterocycles. The lowest BCUT2D eigenvalue weighted by atomic mass is 10.1. The van der Waals surface area contributed by atoms with Crippen LogP contribution in [-0.4, -0.2) is 22.7 Å². The third-order valence-corrected chi connectivity index (χ3v) is 4.86. The lowest BCUT2D eigenvalue weighted by molar-refractivity contribution is 0.0844. The summed E-state index contributed by atoms with van der Waals surface area (Å²) in [6, 6.07) is 24.2. The molecule has 0 aliphatic carbocycles. The zero-order valence-corrected chi connectivity index (χ0v) is 17.4. The second-order valence-electron chi connectivity index (χ2n) is 7.15. The third-order valence-electron chi connectivity index (χ3n) is 4.86. The highest BCUT2D eigenvalue weighted by Crippen LogP contribution is 2.19. The molecule has 0 aliphatic rings. The van der Waals surface area contributed by atoms with Crippen molar-refractivity contribution in [1.29, 1.82) is 0 Å². The quantitative estimate of drug-likeness (QED) is 0.398. The first-order valence-electron chi connectivity index (χ1n) is 10.1. The molecule has 3 amide bonds. The van der Waals surface area contributed by atoms with E-state index in [0.717, 1.165) is 5.39 Å². The second-order valence-corrected chi connectivity index (χ2v) is 7.15. The van der Waals surface area contributed by atoms with Gasteiger partial charge in [0.2, 0.25) is 0 Å². The molecule has 0 radical (unpaired) electrons. The summed E-state index contributed by atoms with van der Waals surface area (Å²) in [5, 5.41) is 0.913. The Morgan fingerprint density at radius 2 is 1.58 bits per heavy atom. The number of aromatic nitrogens is 1. The number of nitrogens with zero attached hydrogens (tertiary/aromatic N) is 1. The zero-order chi connectivity index (χ0) is 23.2. The minimum absolute atomic E-state index is 0.124. The highest BCUT2D eigenvalue weighted by atomic mass is 16.5. The van der Waals surface area contributed by atoms with Crippen molar-refractivity contribution >= 4 is 28.6 Å². The molecule has 4 aromatic rings. The van der Waals surface area contributed by atoms with E-state index in [4.69, 9.17) is 10.5 Å². The Labute approximate surface area is 189 Å². The van der Waals surface area contributed by atoms with Crippen LogP contribution < -0.4 is 21.3 Å². The molecule has 4 rings (SSSR count). The van der Waals surface area contributed by atoms with Crippen LogP contribution in [-0.2, 0) is 6.61 Å². The summed E-state index contributed by atoms with van der Waals surface area (Å²) in [6.07, 6.45) is 0. The summed E-state index contributed by atoms with van der Waals surface area (Å²) in [6.45, 7) is 0.124. The smallest absolute Gasteiger partial charge is 0.288 e. The van der Waals surface area contributed by atoms with E-state index >= 15 is 0 Å². The van der Waals surface area contributed by atoms with Crippen molar-refractivity contribution in [3.05, 3.63) is 107 Å². The Balaban J connectivity index is 1.38. The molecule has 0 spiro atoms. The first-order chi connectivity index (χ1) is 16.0. The minimum atomic E-state index is -0.588. The minimum Gasteiger partial charge on any atom is -0.488 e. The number of nitrogens with one attached hydrogen (secondary N) is 2. The molecule has 0 bridgehead atoms. The summed E-state index contributed by atoms with van der Waals surface area (Å²) in [4.78, 5) is 40.7. The number of carbonyl (C=O) groups excluding carboxylic acids is 3. The molecule has 0 saturated heterocycles. The predicted octanol–water partition coefficient (Wildman–Crippen LogP) is 2.99. The third kappa shape index (κ3) is 5.13. The van der Waals surface area contributed by atoms with Crippen LogP contribution in [0.4, 0.5) is 0 Å². The second kappa shape index (κ2) is 9.61. The van der Waals surface area contributed by atoms with E-state index in [9.17, 15) is 14.4 Å². The predicted molar refractivity (Wildman–Crippen MR) is 122 cm³/mol. The molecule has 1 aromatic heterocycles. The number of fused-ring (bicyclic) bond motifs is 1. The van der Waals surface area contributed by atoms with Crippen LogP contribution in [0.3, 0.4) is 0 Å². The summed E-state index contributed by atoms with van der Waals surface area (Å²) in [5.41, 5.74) is 12.3. The van der Waals surface area contributed by atoms with Crippen LogP contribution >= 0.6 is 0 Å². The number of nitrogens with two attached hydrogens (primary N) is 1. The Morgan fingerprint density at radius 1 is 0.818 bits per heavy atom. The van der Waals surface area contributed by atoms with E-state index in [2.05, 4.69) is 15.8 Å². The van der Waals surface area contributed by atoms with Gasteiger partial charge in [0.1, 0.15) is 18.1 Å². The summed E-state index contributed by atoms with van der Waals surface area (Å²) >= 11 is 0. The Bertz CT molecular complexity index is 1350. The lowest BCUT2D eigenvalue weighted by Crippen LogP contribution is -2.42. The zero-order valence-electron chi connectivity index (χ0n) is 17.4. The maximum Gasteiger partial charge on any atom is 0.288 e. The number of hydrazine groups is 1. The number of primary amides is 1. The van der Waals surface area contributed by atoms with Gasteiger partial charge in [-0.3, -0.25) is 25.2 Å². The van der Waals surface area contributed by atoms with E-state index in [1.54, 1.807) is 66.7 Å². The Hall–Kier alpha value is -4.72. The van der Waals surface area contributed by atoms with Crippen molar-refractivity contribution in [1.82, 2.24) is 15.8 Å². The fraction of sp³-hybridized carbons (Fsp3) is 0.0400. The lowest BCUT2D eigenvalue weighted by Gasteiger charge is -2.11. The Morgan fingerprint density at radius 3 is 2.42 bits per heavy atom.